The van der Waals surface area contributed by atoms with E-state index in [1.54, 1.807) is 20.8 Å². The van der Waals surface area contributed by atoms with Crippen LogP contribution >= 0.6 is 0 Å². The third-order valence-electron chi connectivity index (χ3n) is 3.67. The van der Waals surface area contributed by atoms with Crippen LogP contribution in [0.1, 0.15) is 39.7 Å². The summed E-state index contributed by atoms with van der Waals surface area (Å²) in [6, 6.07) is 7.95. The van der Waals surface area contributed by atoms with Gasteiger partial charge in [-0.25, -0.2) is 4.79 Å². The van der Waals surface area contributed by atoms with Crippen molar-refractivity contribution in [3.8, 4) is 0 Å². The molecule has 1 aliphatic heterocycles. The Hall–Kier alpha value is -2.61. The van der Waals surface area contributed by atoms with E-state index >= 15 is 0 Å². The fourth-order valence-corrected chi connectivity index (χ4v) is 2.42. The maximum Gasteiger partial charge on any atom is 0.408 e. The minimum atomic E-state index is -0.879. The molecule has 0 spiro atoms. The fraction of sp³-hybridized carbons (Fsp3) is 0.526. The van der Waals surface area contributed by atoms with E-state index in [1.807, 2.05) is 30.3 Å². The van der Waals surface area contributed by atoms with Crippen LogP contribution in [0.2, 0.25) is 0 Å². The zero-order chi connectivity index (χ0) is 20.0. The average molecular weight is 378 g/mol. The van der Waals surface area contributed by atoms with Gasteiger partial charge >= 0.3 is 12.1 Å². The van der Waals surface area contributed by atoms with Crippen LogP contribution in [0, 0.1) is 0 Å². The van der Waals surface area contributed by atoms with Crippen molar-refractivity contribution in [1.82, 2.24) is 10.6 Å². The summed E-state index contributed by atoms with van der Waals surface area (Å²) in [5.41, 5.74) is 0.257. The van der Waals surface area contributed by atoms with Gasteiger partial charge in [-0.3, -0.25) is 9.59 Å². The van der Waals surface area contributed by atoms with E-state index in [-0.39, 0.29) is 13.0 Å². The van der Waals surface area contributed by atoms with E-state index in [4.69, 9.17) is 14.2 Å². The topological polar surface area (TPSA) is 103 Å². The lowest BCUT2D eigenvalue weighted by Gasteiger charge is -2.23. The van der Waals surface area contributed by atoms with E-state index in [2.05, 4.69) is 10.6 Å². The number of hydrogen-bond donors (Lipinski definition) is 2. The highest BCUT2D eigenvalue weighted by Crippen LogP contribution is 2.18. The highest BCUT2D eigenvalue weighted by atomic mass is 16.7. The maximum atomic E-state index is 12.3. The molecule has 2 N–H and O–H groups in total. The molecule has 0 aliphatic carbocycles. The van der Waals surface area contributed by atoms with Crippen molar-refractivity contribution in [3.63, 3.8) is 0 Å². The Morgan fingerprint density at radius 1 is 1.26 bits per heavy atom. The van der Waals surface area contributed by atoms with Crippen molar-refractivity contribution < 1.29 is 28.6 Å². The summed E-state index contributed by atoms with van der Waals surface area (Å²) in [7, 11) is 0. The quantitative estimate of drug-likeness (QED) is 0.733. The molecular formula is C19H26N2O6. The summed E-state index contributed by atoms with van der Waals surface area (Å²) < 4.78 is 15.9. The molecule has 1 heterocycles. The lowest BCUT2D eigenvalue weighted by molar-refractivity contribution is -0.168. The van der Waals surface area contributed by atoms with Crippen LogP contribution in [-0.2, 0) is 30.4 Å². The molecule has 2 amide bonds. The minimum absolute atomic E-state index is 0.00432. The van der Waals surface area contributed by atoms with Crippen molar-refractivity contribution in [2.75, 3.05) is 0 Å². The first kappa shape index (κ1) is 20.7. The number of cyclic esters (lactones) is 1. The number of nitrogens with one attached hydrogen (secondary N) is 2. The number of alkyl carbamates (subject to hydrolysis) is 1. The number of rotatable bonds is 6. The number of carbonyl (C=O) groups excluding carboxylic acids is 3. The number of benzene rings is 1. The molecule has 0 bridgehead atoms. The van der Waals surface area contributed by atoms with Crippen molar-refractivity contribution in [3.05, 3.63) is 35.9 Å². The molecule has 1 fully saturated rings. The average Bonchev–Trinajstić information content (AvgIpc) is 2.91. The molecule has 1 aromatic rings. The molecule has 0 saturated carbocycles. The second-order valence-electron chi connectivity index (χ2n) is 7.34. The summed E-state index contributed by atoms with van der Waals surface area (Å²) in [5.74, 6) is -0.913. The molecule has 0 aromatic heterocycles. The lowest BCUT2D eigenvalue weighted by Crippen LogP contribution is -2.51. The molecule has 148 valence electrons. The van der Waals surface area contributed by atoms with Crippen molar-refractivity contribution in [2.45, 2.75) is 64.7 Å². The third kappa shape index (κ3) is 6.90. The zero-order valence-corrected chi connectivity index (χ0v) is 16.0. The molecule has 8 heteroatoms. The van der Waals surface area contributed by atoms with Crippen LogP contribution in [0.4, 0.5) is 4.79 Å². The summed E-state index contributed by atoms with van der Waals surface area (Å²) in [6.07, 6.45) is -1.57. The van der Waals surface area contributed by atoms with Gasteiger partial charge in [0.25, 0.3) is 0 Å². The Balaban J connectivity index is 1.86. The first-order chi connectivity index (χ1) is 12.6. The molecule has 1 aliphatic rings. The Labute approximate surface area is 158 Å². The summed E-state index contributed by atoms with van der Waals surface area (Å²) in [6.45, 7) is 6.96. The van der Waals surface area contributed by atoms with Gasteiger partial charge in [0.05, 0.1) is 13.0 Å². The van der Waals surface area contributed by atoms with Crippen molar-refractivity contribution in [2.24, 2.45) is 0 Å². The van der Waals surface area contributed by atoms with E-state index in [0.717, 1.165) is 5.56 Å². The van der Waals surface area contributed by atoms with Gasteiger partial charge in [0.15, 0.2) is 0 Å². The summed E-state index contributed by atoms with van der Waals surface area (Å²) in [4.78, 5) is 35.7. The monoisotopic (exact) mass is 378 g/mol. The van der Waals surface area contributed by atoms with E-state index in [1.165, 1.54) is 6.92 Å². The predicted octanol–water partition coefficient (Wildman–Crippen LogP) is 1.87. The SMILES string of the molecule is C[C@@H](NC(=O)OC(C)(C)C)C(=O)N[C@H]1CC(=O)O[C@@H]1OCc1ccccc1. The molecule has 1 saturated heterocycles. The van der Waals surface area contributed by atoms with Gasteiger partial charge in [-0.15, -0.1) is 0 Å². The molecule has 1 aromatic carbocycles. The smallest absolute Gasteiger partial charge is 0.408 e. The number of hydrogen-bond acceptors (Lipinski definition) is 6. The number of carbonyl (C=O) groups is 3. The molecule has 0 radical (unpaired) electrons. The van der Waals surface area contributed by atoms with E-state index < -0.39 is 41.9 Å². The van der Waals surface area contributed by atoms with Crippen molar-refractivity contribution >= 4 is 18.0 Å². The molecule has 0 unspecified atom stereocenters. The lowest BCUT2D eigenvalue weighted by atomic mass is 10.2. The Morgan fingerprint density at radius 2 is 1.93 bits per heavy atom. The first-order valence-corrected chi connectivity index (χ1v) is 8.79. The van der Waals surface area contributed by atoms with Gasteiger partial charge in [-0.05, 0) is 33.3 Å². The predicted molar refractivity (Wildman–Crippen MR) is 96.5 cm³/mol. The van der Waals surface area contributed by atoms with Gasteiger partial charge < -0.3 is 24.8 Å². The molecule has 27 heavy (non-hydrogen) atoms. The minimum Gasteiger partial charge on any atom is -0.444 e. The van der Waals surface area contributed by atoms with Crippen LogP contribution in [-0.4, -0.2) is 41.9 Å². The number of amides is 2. The maximum absolute atomic E-state index is 12.3. The second kappa shape index (κ2) is 8.85. The van der Waals surface area contributed by atoms with Crippen LogP contribution in [0.25, 0.3) is 0 Å². The number of ether oxygens (including phenoxy) is 3. The zero-order valence-electron chi connectivity index (χ0n) is 16.0. The largest absolute Gasteiger partial charge is 0.444 e. The van der Waals surface area contributed by atoms with Crippen molar-refractivity contribution in [1.29, 1.82) is 0 Å². The van der Waals surface area contributed by atoms with Gasteiger partial charge in [-0.2, -0.15) is 0 Å². The Morgan fingerprint density at radius 3 is 2.56 bits per heavy atom. The Bertz CT molecular complexity index is 671. The molecule has 2 rings (SSSR count). The normalized spacial score (nSPS) is 20.5. The summed E-state index contributed by atoms with van der Waals surface area (Å²) >= 11 is 0. The molecular weight excluding hydrogens is 352 g/mol. The van der Waals surface area contributed by atoms with Crippen LogP contribution in [0.3, 0.4) is 0 Å². The van der Waals surface area contributed by atoms with Crippen LogP contribution in [0.5, 0.6) is 0 Å². The first-order valence-electron chi connectivity index (χ1n) is 8.79. The highest BCUT2D eigenvalue weighted by molar-refractivity contribution is 5.86. The second-order valence-corrected chi connectivity index (χ2v) is 7.34. The Kier molecular flexibility index (Phi) is 6.79. The van der Waals surface area contributed by atoms with Crippen LogP contribution < -0.4 is 10.6 Å². The van der Waals surface area contributed by atoms with Gasteiger partial charge in [0.1, 0.15) is 17.7 Å². The number of esters is 1. The molecule has 8 nitrogen and oxygen atoms in total. The summed E-state index contributed by atoms with van der Waals surface area (Å²) in [5, 5.41) is 5.14. The highest BCUT2D eigenvalue weighted by Gasteiger charge is 2.37. The van der Waals surface area contributed by atoms with E-state index in [0.29, 0.717) is 0 Å². The van der Waals surface area contributed by atoms with Crippen LogP contribution in [0.15, 0.2) is 30.3 Å². The molecule has 3 atom stereocenters. The van der Waals surface area contributed by atoms with Gasteiger partial charge in [0, 0.05) is 0 Å². The van der Waals surface area contributed by atoms with Gasteiger partial charge in [-0.1, -0.05) is 30.3 Å². The van der Waals surface area contributed by atoms with E-state index in [9.17, 15) is 14.4 Å². The van der Waals surface area contributed by atoms with Gasteiger partial charge in [0.2, 0.25) is 12.2 Å². The fourth-order valence-electron chi connectivity index (χ4n) is 2.42. The standard InChI is InChI=1S/C19H26N2O6/c1-12(20-18(24)27-19(2,3)4)16(23)21-14-10-15(22)26-17(14)25-11-13-8-6-5-7-9-13/h5-9,12,14,17H,10-11H2,1-4H3,(H,20,24)(H,21,23)/t12-,14+,17+/m1/s1. The third-order valence-corrected chi connectivity index (χ3v) is 3.67.